The Labute approximate surface area is 136 Å². The van der Waals surface area contributed by atoms with Gasteiger partial charge in [-0.15, -0.1) is 35.9 Å². The Kier molecular flexibility index (Phi) is 3.82. The zero-order valence-corrected chi connectivity index (χ0v) is 13.8. The first-order chi connectivity index (χ1) is 9.93. The molecule has 3 aromatic carbocycles. The van der Waals surface area contributed by atoms with Crippen molar-refractivity contribution in [3.8, 4) is 11.3 Å². The molecule has 0 aliphatic rings. The minimum atomic E-state index is 0. The maximum atomic E-state index is 4.55. The SMILES string of the molecule is [Os+].[c-]1ccccc1-c1nccc2c1ccc1ccccc12. The van der Waals surface area contributed by atoms with E-state index in [4.69, 9.17) is 0 Å². The summed E-state index contributed by atoms with van der Waals surface area (Å²) in [5.41, 5.74) is 2.03. The Bertz CT molecular complexity index is 901. The molecule has 0 saturated heterocycles. The van der Waals surface area contributed by atoms with Crippen LogP contribution in [0.4, 0.5) is 0 Å². The van der Waals surface area contributed by atoms with E-state index < -0.39 is 0 Å². The smallest absolute Gasteiger partial charge is 0.304 e. The van der Waals surface area contributed by atoms with E-state index in [1.165, 1.54) is 21.5 Å². The zero-order valence-electron chi connectivity index (χ0n) is 11.2. The summed E-state index contributed by atoms with van der Waals surface area (Å²) in [6, 6.07) is 26.1. The van der Waals surface area contributed by atoms with E-state index in [1.54, 1.807) is 0 Å². The third kappa shape index (κ3) is 2.37. The van der Waals surface area contributed by atoms with Gasteiger partial charge in [0.1, 0.15) is 0 Å². The van der Waals surface area contributed by atoms with Crippen molar-refractivity contribution in [2.45, 2.75) is 0 Å². The summed E-state index contributed by atoms with van der Waals surface area (Å²) in [6.45, 7) is 0. The van der Waals surface area contributed by atoms with Crippen LogP contribution in [0.5, 0.6) is 0 Å². The first-order valence-corrected chi connectivity index (χ1v) is 6.67. The average molecular weight is 445 g/mol. The molecule has 21 heavy (non-hydrogen) atoms. The Balaban J connectivity index is 0.00000132. The minimum Gasteiger partial charge on any atom is -0.304 e. The second-order valence-electron chi connectivity index (χ2n) is 4.82. The Hall–Kier alpha value is -2.03. The molecule has 0 N–H and O–H groups in total. The third-order valence-electron chi connectivity index (χ3n) is 3.63. The summed E-state index contributed by atoms with van der Waals surface area (Å²) in [5, 5.41) is 4.94. The standard InChI is InChI=1S/C19H12N.Os/c1-2-7-15(8-3-1)19-18-11-10-14-6-4-5-9-16(14)17(18)12-13-20-19;/h1-7,9-13H;/q-1;+1. The van der Waals surface area contributed by atoms with Crippen molar-refractivity contribution in [3.05, 3.63) is 79.0 Å². The molecule has 0 bridgehead atoms. The van der Waals surface area contributed by atoms with Gasteiger partial charge >= 0.3 is 19.8 Å². The molecule has 4 rings (SSSR count). The van der Waals surface area contributed by atoms with Crippen molar-refractivity contribution >= 4 is 21.5 Å². The number of benzene rings is 3. The molecule has 101 valence electrons. The summed E-state index contributed by atoms with van der Waals surface area (Å²) >= 11 is 0. The Morgan fingerprint density at radius 3 is 2.43 bits per heavy atom. The van der Waals surface area contributed by atoms with E-state index in [0.29, 0.717) is 0 Å². The topological polar surface area (TPSA) is 12.9 Å². The van der Waals surface area contributed by atoms with Gasteiger partial charge in [-0.05, 0) is 33.3 Å². The normalized spacial score (nSPS) is 10.5. The molecule has 0 unspecified atom stereocenters. The van der Waals surface area contributed by atoms with Crippen LogP contribution in [0, 0.1) is 6.07 Å². The maximum absolute atomic E-state index is 4.55. The van der Waals surface area contributed by atoms with E-state index in [-0.39, 0.29) is 19.8 Å². The van der Waals surface area contributed by atoms with Crippen LogP contribution in [-0.2, 0) is 19.8 Å². The van der Waals surface area contributed by atoms with Gasteiger partial charge in [0.25, 0.3) is 0 Å². The molecule has 1 aromatic heterocycles. The summed E-state index contributed by atoms with van der Waals surface area (Å²) in [6.07, 6.45) is 1.88. The average Bonchev–Trinajstić information content (AvgIpc) is 2.55. The maximum Gasteiger partial charge on any atom is 1.00 e. The van der Waals surface area contributed by atoms with E-state index in [0.717, 1.165) is 11.3 Å². The van der Waals surface area contributed by atoms with Crippen molar-refractivity contribution in [1.82, 2.24) is 4.98 Å². The van der Waals surface area contributed by atoms with Gasteiger partial charge in [-0.1, -0.05) is 36.4 Å². The van der Waals surface area contributed by atoms with Crippen LogP contribution in [0.15, 0.2) is 72.9 Å². The Morgan fingerprint density at radius 1 is 0.714 bits per heavy atom. The van der Waals surface area contributed by atoms with Crippen molar-refractivity contribution in [2.24, 2.45) is 0 Å². The van der Waals surface area contributed by atoms with Crippen LogP contribution < -0.4 is 0 Å². The summed E-state index contributed by atoms with van der Waals surface area (Å²) in [7, 11) is 0. The van der Waals surface area contributed by atoms with Crippen molar-refractivity contribution in [2.75, 3.05) is 0 Å². The number of nitrogens with zero attached hydrogens (tertiary/aromatic N) is 1. The zero-order chi connectivity index (χ0) is 13.4. The summed E-state index contributed by atoms with van der Waals surface area (Å²) < 4.78 is 0. The number of fused-ring (bicyclic) bond motifs is 3. The molecule has 0 amide bonds. The number of hydrogen-bond acceptors (Lipinski definition) is 1. The number of pyridine rings is 1. The van der Waals surface area contributed by atoms with Crippen LogP contribution in [-0.4, -0.2) is 4.98 Å². The number of rotatable bonds is 1. The van der Waals surface area contributed by atoms with Gasteiger partial charge in [0.05, 0.1) is 0 Å². The second kappa shape index (κ2) is 5.76. The van der Waals surface area contributed by atoms with Crippen molar-refractivity contribution in [1.29, 1.82) is 0 Å². The van der Waals surface area contributed by atoms with E-state index in [2.05, 4.69) is 59.6 Å². The molecule has 0 saturated carbocycles. The molecule has 2 heteroatoms. The van der Waals surface area contributed by atoms with Crippen LogP contribution >= 0.6 is 0 Å². The molecule has 1 heterocycles. The van der Waals surface area contributed by atoms with Crippen LogP contribution in [0.1, 0.15) is 0 Å². The molecule has 0 aliphatic carbocycles. The predicted molar refractivity (Wildman–Crippen MR) is 83.5 cm³/mol. The van der Waals surface area contributed by atoms with Gasteiger partial charge in [0.15, 0.2) is 0 Å². The molecule has 0 aliphatic heterocycles. The molecule has 1 radical (unpaired) electrons. The van der Waals surface area contributed by atoms with E-state index in [1.807, 2.05) is 24.4 Å². The first kappa shape index (κ1) is 13.9. The van der Waals surface area contributed by atoms with Gasteiger partial charge in [0.2, 0.25) is 0 Å². The fourth-order valence-corrected chi connectivity index (χ4v) is 2.69. The molecule has 1 nitrogen and oxygen atoms in total. The first-order valence-electron chi connectivity index (χ1n) is 6.67. The number of aromatic nitrogens is 1. The summed E-state index contributed by atoms with van der Waals surface area (Å²) in [4.78, 5) is 4.55. The Morgan fingerprint density at radius 2 is 1.57 bits per heavy atom. The van der Waals surface area contributed by atoms with Gasteiger partial charge in [-0.25, -0.2) is 0 Å². The van der Waals surface area contributed by atoms with Crippen molar-refractivity contribution < 1.29 is 19.8 Å². The van der Waals surface area contributed by atoms with E-state index >= 15 is 0 Å². The quantitative estimate of drug-likeness (QED) is 0.302. The largest absolute Gasteiger partial charge is 1.00 e. The summed E-state index contributed by atoms with van der Waals surface area (Å²) in [5.74, 6) is 0. The third-order valence-corrected chi connectivity index (χ3v) is 3.63. The van der Waals surface area contributed by atoms with E-state index in [9.17, 15) is 0 Å². The van der Waals surface area contributed by atoms with Crippen LogP contribution in [0.25, 0.3) is 32.8 Å². The van der Waals surface area contributed by atoms with Crippen LogP contribution in [0.2, 0.25) is 0 Å². The van der Waals surface area contributed by atoms with Gasteiger partial charge in [-0.2, -0.15) is 0 Å². The fraction of sp³-hybridized carbons (Fsp3) is 0. The minimum absolute atomic E-state index is 0. The fourth-order valence-electron chi connectivity index (χ4n) is 2.69. The van der Waals surface area contributed by atoms with Gasteiger partial charge < -0.3 is 4.98 Å². The molecule has 0 spiro atoms. The number of hydrogen-bond donors (Lipinski definition) is 0. The molecule has 0 fully saturated rings. The second-order valence-corrected chi connectivity index (χ2v) is 4.82. The van der Waals surface area contributed by atoms with Gasteiger partial charge in [-0.3, -0.25) is 0 Å². The predicted octanol–water partition coefficient (Wildman–Crippen LogP) is 4.85. The van der Waals surface area contributed by atoms with Gasteiger partial charge in [0, 0.05) is 6.20 Å². The van der Waals surface area contributed by atoms with Crippen molar-refractivity contribution in [3.63, 3.8) is 0 Å². The van der Waals surface area contributed by atoms with Crippen LogP contribution in [0.3, 0.4) is 0 Å². The molecule has 0 atom stereocenters. The molecule has 4 aromatic rings. The molecular formula is C19H12NOs. The molecular weight excluding hydrogens is 432 g/mol. The monoisotopic (exact) mass is 446 g/mol.